The predicted molar refractivity (Wildman–Crippen MR) is 86.2 cm³/mol. The maximum Gasteiger partial charge on any atom is 0.237 e. The van der Waals surface area contributed by atoms with E-state index in [1.54, 1.807) is 0 Å². The van der Waals surface area contributed by atoms with Gasteiger partial charge in [-0.3, -0.25) is 4.79 Å². The Balaban J connectivity index is 2.00. The summed E-state index contributed by atoms with van der Waals surface area (Å²) in [5, 5.41) is 11.5. The molecular formula is C14H17N3O2S2. The number of anilines is 1. The molecule has 0 aliphatic heterocycles. The molecule has 1 amide bonds. The van der Waals surface area contributed by atoms with Crippen LogP contribution in [0.15, 0.2) is 28.6 Å². The highest BCUT2D eigenvalue weighted by molar-refractivity contribution is 8.02. The Labute approximate surface area is 132 Å². The highest BCUT2D eigenvalue weighted by atomic mass is 32.2. The number of nitrogens with one attached hydrogen (secondary N) is 1. The molecule has 0 radical (unpaired) electrons. The number of amides is 1. The van der Waals surface area contributed by atoms with E-state index in [0.29, 0.717) is 18.0 Å². The molecule has 0 aliphatic carbocycles. The minimum absolute atomic E-state index is 0.0833. The van der Waals surface area contributed by atoms with Gasteiger partial charge >= 0.3 is 0 Å². The van der Waals surface area contributed by atoms with Gasteiger partial charge in [-0.2, -0.15) is 0 Å². The van der Waals surface area contributed by atoms with Gasteiger partial charge in [0.05, 0.1) is 17.5 Å². The Kier molecular flexibility index (Phi) is 5.58. The highest BCUT2D eigenvalue weighted by Crippen LogP contribution is 2.28. The topological polar surface area (TPSA) is 64.1 Å². The van der Waals surface area contributed by atoms with Crippen LogP contribution in [0.4, 0.5) is 5.69 Å². The Hall–Kier alpha value is -1.60. The molecule has 0 spiro atoms. The van der Waals surface area contributed by atoms with Crippen LogP contribution in [0.1, 0.15) is 18.9 Å². The average Bonchev–Trinajstić information content (AvgIpc) is 2.86. The molecule has 21 heavy (non-hydrogen) atoms. The van der Waals surface area contributed by atoms with Crippen molar-refractivity contribution in [2.75, 3.05) is 11.9 Å². The summed E-state index contributed by atoms with van der Waals surface area (Å²) in [5.41, 5.74) is 0.685. The van der Waals surface area contributed by atoms with Crippen molar-refractivity contribution >= 4 is 34.7 Å². The third-order valence-corrected chi connectivity index (χ3v) is 4.62. The smallest absolute Gasteiger partial charge is 0.237 e. The number of thioether (sulfide) groups is 1. The van der Waals surface area contributed by atoms with Gasteiger partial charge in [0.2, 0.25) is 5.91 Å². The molecule has 1 heterocycles. The summed E-state index contributed by atoms with van der Waals surface area (Å²) in [6, 6.07) is 7.41. The molecule has 5 nitrogen and oxygen atoms in total. The van der Waals surface area contributed by atoms with Crippen LogP contribution in [0.5, 0.6) is 5.75 Å². The zero-order valence-corrected chi connectivity index (χ0v) is 13.8. The second kappa shape index (κ2) is 7.42. The fourth-order valence-corrected chi connectivity index (χ4v) is 3.58. The maximum absolute atomic E-state index is 12.2. The highest BCUT2D eigenvalue weighted by Gasteiger charge is 2.18. The van der Waals surface area contributed by atoms with Gasteiger partial charge in [-0.25, -0.2) is 0 Å². The second-order valence-electron chi connectivity index (χ2n) is 4.27. The number of nitrogens with zero attached hydrogens (tertiary/aromatic N) is 2. The first-order chi connectivity index (χ1) is 10.1. The normalized spacial score (nSPS) is 12.0. The van der Waals surface area contributed by atoms with Gasteiger partial charge in [0.15, 0.2) is 4.34 Å². The number of benzene rings is 1. The molecule has 2 aromatic rings. The van der Waals surface area contributed by atoms with E-state index in [4.69, 9.17) is 4.74 Å². The molecule has 0 fully saturated rings. The lowest BCUT2D eigenvalue weighted by Gasteiger charge is -2.13. The lowest BCUT2D eigenvalue weighted by Crippen LogP contribution is -2.22. The molecule has 0 bridgehead atoms. The van der Waals surface area contributed by atoms with Gasteiger partial charge in [-0.05, 0) is 32.9 Å². The first-order valence-electron chi connectivity index (χ1n) is 6.59. The predicted octanol–water partition coefficient (Wildman–Crippen LogP) is 3.36. The molecule has 1 aromatic heterocycles. The van der Waals surface area contributed by atoms with E-state index in [1.807, 2.05) is 45.0 Å². The van der Waals surface area contributed by atoms with E-state index in [1.165, 1.54) is 23.1 Å². The number of aromatic nitrogens is 2. The minimum Gasteiger partial charge on any atom is -0.492 e. The fourth-order valence-electron chi connectivity index (χ4n) is 1.62. The molecule has 2 rings (SSSR count). The Morgan fingerprint density at radius 3 is 2.86 bits per heavy atom. The molecule has 1 N–H and O–H groups in total. The molecule has 1 atom stereocenters. The molecule has 7 heteroatoms. The van der Waals surface area contributed by atoms with Crippen molar-refractivity contribution in [3.8, 4) is 5.75 Å². The fraction of sp³-hybridized carbons (Fsp3) is 0.357. The minimum atomic E-state index is -0.257. The lowest BCUT2D eigenvalue weighted by atomic mass is 10.3. The second-order valence-corrected chi connectivity index (χ2v) is 7.04. The monoisotopic (exact) mass is 323 g/mol. The summed E-state index contributed by atoms with van der Waals surface area (Å²) in [4.78, 5) is 12.2. The van der Waals surface area contributed by atoms with Crippen LogP contribution in [0.25, 0.3) is 0 Å². The third kappa shape index (κ3) is 4.44. The van der Waals surface area contributed by atoms with Crippen LogP contribution < -0.4 is 10.1 Å². The van der Waals surface area contributed by atoms with Gasteiger partial charge in [0.25, 0.3) is 0 Å². The van der Waals surface area contributed by atoms with Crippen LogP contribution >= 0.6 is 23.1 Å². The Bertz CT molecular complexity index is 616. The number of aryl methyl sites for hydroxylation is 1. The first kappa shape index (κ1) is 15.8. The van der Waals surface area contributed by atoms with Crippen LogP contribution in [0.3, 0.4) is 0 Å². The van der Waals surface area contributed by atoms with E-state index in [-0.39, 0.29) is 11.2 Å². The van der Waals surface area contributed by atoms with Gasteiger partial charge < -0.3 is 10.1 Å². The van der Waals surface area contributed by atoms with Crippen molar-refractivity contribution in [3.63, 3.8) is 0 Å². The largest absolute Gasteiger partial charge is 0.492 e. The summed E-state index contributed by atoms with van der Waals surface area (Å²) in [5.74, 6) is 0.595. The van der Waals surface area contributed by atoms with E-state index < -0.39 is 0 Å². The van der Waals surface area contributed by atoms with Gasteiger partial charge in [-0.1, -0.05) is 35.2 Å². The standard InChI is InChI=1S/C14H17N3O2S2/c1-4-19-12-8-6-5-7-11(12)15-13(18)9(2)20-14-17-16-10(3)21-14/h5-9H,4H2,1-3H3,(H,15,18). The third-order valence-electron chi connectivity index (χ3n) is 2.60. The van der Waals surface area contributed by atoms with Crippen LogP contribution in [0, 0.1) is 6.92 Å². The number of hydrogen-bond donors (Lipinski definition) is 1. The maximum atomic E-state index is 12.2. The Morgan fingerprint density at radius 1 is 1.43 bits per heavy atom. The molecule has 1 unspecified atom stereocenters. The molecule has 0 saturated carbocycles. The summed E-state index contributed by atoms with van der Waals surface area (Å²) >= 11 is 2.89. The number of carbonyl (C=O) groups excluding carboxylic acids is 1. The van der Waals surface area contributed by atoms with Crippen molar-refractivity contribution in [3.05, 3.63) is 29.3 Å². The molecule has 0 aliphatic rings. The number of ether oxygens (including phenoxy) is 1. The molecule has 0 saturated heterocycles. The van der Waals surface area contributed by atoms with Gasteiger partial charge in [0.1, 0.15) is 10.8 Å². The van der Waals surface area contributed by atoms with Gasteiger partial charge in [0, 0.05) is 0 Å². The van der Waals surface area contributed by atoms with Crippen LogP contribution in [-0.4, -0.2) is 28.0 Å². The number of rotatable bonds is 6. The van der Waals surface area contributed by atoms with Crippen LogP contribution in [0.2, 0.25) is 0 Å². The molecule has 112 valence electrons. The van der Waals surface area contributed by atoms with Crippen molar-refractivity contribution < 1.29 is 9.53 Å². The van der Waals surface area contributed by atoms with Crippen molar-refractivity contribution in [2.45, 2.75) is 30.4 Å². The number of hydrogen-bond acceptors (Lipinski definition) is 6. The zero-order valence-electron chi connectivity index (χ0n) is 12.1. The number of carbonyl (C=O) groups is 1. The van der Waals surface area contributed by atoms with E-state index in [0.717, 1.165) is 9.35 Å². The number of para-hydroxylation sites is 2. The summed E-state index contributed by atoms with van der Waals surface area (Å²) < 4.78 is 6.30. The average molecular weight is 323 g/mol. The van der Waals surface area contributed by atoms with E-state index in [9.17, 15) is 4.79 Å². The van der Waals surface area contributed by atoms with Gasteiger partial charge in [-0.15, -0.1) is 10.2 Å². The van der Waals surface area contributed by atoms with Crippen molar-refractivity contribution in [2.24, 2.45) is 0 Å². The summed E-state index contributed by atoms with van der Waals surface area (Å²) in [6.45, 7) is 6.21. The summed E-state index contributed by atoms with van der Waals surface area (Å²) in [7, 11) is 0. The van der Waals surface area contributed by atoms with Crippen molar-refractivity contribution in [1.82, 2.24) is 10.2 Å². The van der Waals surface area contributed by atoms with Crippen molar-refractivity contribution in [1.29, 1.82) is 0 Å². The Morgan fingerprint density at radius 2 is 2.19 bits per heavy atom. The summed E-state index contributed by atoms with van der Waals surface area (Å²) in [6.07, 6.45) is 0. The SMILES string of the molecule is CCOc1ccccc1NC(=O)C(C)Sc1nnc(C)s1. The van der Waals surface area contributed by atoms with Crippen LogP contribution in [-0.2, 0) is 4.79 Å². The first-order valence-corrected chi connectivity index (χ1v) is 8.29. The molecular weight excluding hydrogens is 306 g/mol. The lowest BCUT2D eigenvalue weighted by molar-refractivity contribution is -0.115. The molecule has 1 aromatic carbocycles. The zero-order chi connectivity index (χ0) is 15.2. The quantitative estimate of drug-likeness (QED) is 0.826. The van der Waals surface area contributed by atoms with E-state index >= 15 is 0 Å². The van der Waals surface area contributed by atoms with E-state index in [2.05, 4.69) is 15.5 Å².